The number of carboxylic acids is 1. The van der Waals surface area contributed by atoms with Crippen LogP contribution in [0.1, 0.15) is 23.0 Å². The van der Waals surface area contributed by atoms with Gasteiger partial charge in [0.2, 0.25) is 0 Å². The number of aromatic carboxylic acids is 1. The summed E-state index contributed by atoms with van der Waals surface area (Å²) in [6.45, 7) is 6.56. The van der Waals surface area contributed by atoms with Gasteiger partial charge in [-0.25, -0.2) is 19.7 Å². The number of carboxylic acid groups (broad SMARTS) is 1. The normalized spacial score (nSPS) is 16.1. The number of nitrogens with one attached hydrogen (secondary N) is 1. The molecule has 8 heteroatoms. The number of H-pyrrole nitrogens is 1. The number of hydrogen-bond donors (Lipinski definition) is 2. The van der Waals surface area contributed by atoms with Crippen molar-refractivity contribution in [2.45, 2.75) is 19.9 Å². The molecule has 6 rings (SSSR count). The number of aromatic nitrogens is 4. The van der Waals surface area contributed by atoms with Crippen molar-refractivity contribution in [3.8, 4) is 11.3 Å². The molecule has 1 saturated heterocycles. The highest BCUT2D eigenvalue weighted by molar-refractivity contribution is 5.94. The number of aromatic amines is 1. The first kappa shape index (κ1) is 22.0. The lowest BCUT2D eigenvalue weighted by atomic mass is 10.1. The van der Waals surface area contributed by atoms with Gasteiger partial charge in [0.15, 0.2) is 5.82 Å². The zero-order valence-electron chi connectivity index (χ0n) is 20.1. The molecule has 8 nitrogen and oxygen atoms in total. The van der Waals surface area contributed by atoms with Crippen molar-refractivity contribution < 1.29 is 9.90 Å². The minimum atomic E-state index is -0.977. The van der Waals surface area contributed by atoms with Crippen LogP contribution in [0.15, 0.2) is 66.9 Å². The van der Waals surface area contributed by atoms with E-state index in [1.54, 1.807) is 18.2 Å². The van der Waals surface area contributed by atoms with E-state index in [9.17, 15) is 9.90 Å². The van der Waals surface area contributed by atoms with Crippen LogP contribution in [0.5, 0.6) is 0 Å². The molecule has 1 aliphatic heterocycles. The fourth-order valence-electron chi connectivity index (χ4n) is 5.02. The molecule has 1 fully saturated rings. The number of pyridine rings is 1. The molecular formula is C28H26N6O2. The van der Waals surface area contributed by atoms with Gasteiger partial charge < -0.3 is 19.9 Å². The molecule has 0 bridgehead atoms. The zero-order valence-corrected chi connectivity index (χ0v) is 20.1. The highest BCUT2D eigenvalue weighted by Gasteiger charge is 2.28. The van der Waals surface area contributed by atoms with Crippen molar-refractivity contribution in [3.05, 3.63) is 78.1 Å². The van der Waals surface area contributed by atoms with Crippen LogP contribution in [-0.4, -0.2) is 56.7 Å². The van der Waals surface area contributed by atoms with E-state index in [1.807, 2.05) is 31.3 Å². The predicted octanol–water partition coefficient (Wildman–Crippen LogP) is 4.89. The van der Waals surface area contributed by atoms with Gasteiger partial charge in [-0.15, -0.1) is 0 Å². The molecule has 0 aliphatic carbocycles. The van der Waals surface area contributed by atoms with Gasteiger partial charge in [-0.05, 0) is 62.4 Å². The van der Waals surface area contributed by atoms with E-state index < -0.39 is 5.97 Å². The lowest BCUT2D eigenvalue weighted by Crippen LogP contribution is -2.52. The summed E-state index contributed by atoms with van der Waals surface area (Å²) in [5.74, 6) is 0.757. The van der Waals surface area contributed by atoms with Gasteiger partial charge in [0.25, 0.3) is 0 Å². The monoisotopic (exact) mass is 478 g/mol. The maximum atomic E-state index is 11.6. The molecular weight excluding hydrogens is 452 g/mol. The van der Waals surface area contributed by atoms with E-state index in [0.717, 1.165) is 59.1 Å². The van der Waals surface area contributed by atoms with E-state index in [2.05, 4.69) is 51.0 Å². The van der Waals surface area contributed by atoms with Gasteiger partial charge in [0.05, 0.1) is 16.6 Å². The average molecular weight is 479 g/mol. The molecule has 3 aromatic heterocycles. The van der Waals surface area contributed by atoms with Gasteiger partial charge in [-0.3, -0.25) is 0 Å². The lowest BCUT2D eigenvalue weighted by Gasteiger charge is -2.41. The smallest absolute Gasteiger partial charge is 0.335 e. The van der Waals surface area contributed by atoms with Crippen molar-refractivity contribution >= 4 is 39.5 Å². The van der Waals surface area contributed by atoms with Crippen LogP contribution in [0.2, 0.25) is 0 Å². The Kier molecular flexibility index (Phi) is 5.29. The molecule has 0 spiro atoms. The Morgan fingerprint density at radius 2 is 1.92 bits per heavy atom. The maximum absolute atomic E-state index is 11.6. The molecule has 1 aliphatic rings. The number of aryl methyl sites for hydroxylation is 1. The predicted molar refractivity (Wildman–Crippen MR) is 142 cm³/mol. The van der Waals surface area contributed by atoms with Crippen molar-refractivity contribution in [2.75, 3.05) is 29.4 Å². The number of carbonyl (C=O) groups is 1. The van der Waals surface area contributed by atoms with Gasteiger partial charge >= 0.3 is 5.97 Å². The molecule has 180 valence electrons. The topological polar surface area (TPSA) is 98.2 Å². The SMILES string of the molecule is Cc1cc2cc(-c3nc4ccc(C(=O)O)cc4nc3N3CCN(c4ccccn4)CC3C)ccc2[nH]1. The lowest BCUT2D eigenvalue weighted by molar-refractivity contribution is 0.0697. The molecule has 2 N–H and O–H groups in total. The van der Waals surface area contributed by atoms with Crippen LogP contribution in [0.25, 0.3) is 33.2 Å². The van der Waals surface area contributed by atoms with Gasteiger partial charge in [0.1, 0.15) is 11.5 Å². The first-order valence-electron chi connectivity index (χ1n) is 12.0. The third-order valence-electron chi connectivity index (χ3n) is 6.79. The third-order valence-corrected chi connectivity index (χ3v) is 6.79. The van der Waals surface area contributed by atoms with Crippen LogP contribution in [0.3, 0.4) is 0 Å². The van der Waals surface area contributed by atoms with Crippen molar-refractivity contribution in [3.63, 3.8) is 0 Å². The molecule has 0 saturated carbocycles. The second-order valence-corrected chi connectivity index (χ2v) is 9.34. The second-order valence-electron chi connectivity index (χ2n) is 9.34. The summed E-state index contributed by atoms with van der Waals surface area (Å²) < 4.78 is 0. The van der Waals surface area contributed by atoms with Gasteiger partial charge in [-0.2, -0.15) is 0 Å². The highest BCUT2D eigenvalue weighted by atomic mass is 16.4. The fraction of sp³-hybridized carbons (Fsp3) is 0.214. The molecule has 1 atom stereocenters. The summed E-state index contributed by atoms with van der Waals surface area (Å²) in [5.41, 5.74) is 5.41. The summed E-state index contributed by atoms with van der Waals surface area (Å²) in [6.07, 6.45) is 1.82. The van der Waals surface area contributed by atoms with Crippen LogP contribution >= 0.6 is 0 Å². The van der Waals surface area contributed by atoms with E-state index in [0.29, 0.717) is 11.0 Å². The number of fused-ring (bicyclic) bond motifs is 2. The molecule has 1 unspecified atom stereocenters. The first-order chi connectivity index (χ1) is 17.5. The van der Waals surface area contributed by atoms with Gasteiger partial charge in [0, 0.05) is 54.0 Å². The average Bonchev–Trinajstić information content (AvgIpc) is 3.27. The first-order valence-corrected chi connectivity index (χ1v) is 12.0. The summed E-state index contributed by atoms with van der Waals surface area (Å²) in [5, 5.41) is 10.6. The fourth-order valence-corrected chi connectivity index (χ4v) is 5.02. The number of nitrogens with zero attached hydrogens (tertiary/aromatic N) is 5. The largest absolute Gasteiger partial charge is 0.478 e. The van der Waals surface area contributed by atoms with E-state index >= 15 is 0 Å². The highest BCUT2D eigenvalue weighted by Crippen LogP contribution is 2.34. The van der Waals surface area contributed by atoms with Crippen molar-refractivity contribution in [2.24, 2.45) is 0 Å². The Morgan fingerprint density at radius 1 is 1.03 bits per heavy atom. The molecule has 0 amide bonds. The molecule has 2 aromatic carbocycles. The molecule has 5 aromatic rings. The summed E-state index contributed by atoms with van der Waals surface area (Å²) in [4.78, 5) is 34.1. The van der Waals surface area contributed by atoms with E-state index in [1.165, 1.54) is 0 Å². The van der Waals surface area contributed by atoms with Gasteiger partial charge in [-0.1, -0.05) is 12.1 Å². The summed E-state index contributed by atoms with van der Waals surface area (Å²) in [6, 6.07) is 19.4. The Bertz CT molecular complexity index is 1600. The quantitative estimate of drug-likeness (QED) is 0.379. The second kappa shape index (κ2) is 8.64. The number of benzene rings is 2. The third kappa shape index (κ3) is 3.90. The number of rotatable bonds is 4. The van der Waals surface area contributed by atoms with Crippen molar-refractivity contribution in [1.29, 1.82) is 0 Å². The van der Waals surface area contributed by atoms with Crippen LogP contribution in [0, 0.1) is 6.92 Å². The van der Waals surface area contributed by atoms with Crippen LogP contribution in [0.4, 0.5) is 11.6 Å². The Hall–Kier alpha value is -4.46. The van der Waals surface area contributed by atoms with E-state index in [-0.39, 0.29) is 11.6 Å². The molecule has 36 heavy (non-hydrogen) atoms. The molecule has 4 heterocycles. The van der Waals surface area contributed by atoms with E-state index in [4.69, 9.17) is 9.97 Å². The Balaban J connectivity index is 1.46. The Morgan fingerprint density at radius 3 is 2.69 bits per heavy atom. The number of piperazine rings is 1. The molecule has 0 radical (unpaired) electrons. The number of anilines is 2. The summed E-state index contributed by atoms with van der Waals surface area (Å²) in [7, 11) is 0. The van der Waals surface area contributed by atoms with Crippen molar-refractivity contribution in [1.82, 2.24) is 19.9 Å². The minimum absolute atomic E-state index is 0.146. The zero-order chi connectivity index (χ0) is 24.8. The summed E-state index contributed by atoms with van der Waals surface area (Å²) >= 11 is 0. The minimum Gasteiger partial charge on any atom is -0.478 e. The standard InChI is InChI=1S/C28H26N6O2/c1-17-13-21-14-19(6-8-22(21)30-17)26-27(32-24-15-20(28(35)36)7-9-23(24)31-26)34-12-11-33(16-18(34)2)25-5-3-4-10-29-25/h3-10,13-15,18,30H,11-12,16H2,1-2H3,(H,35,36). The maximum Gasteiger partial charge on any atom is 0.335 e. The van der Waals surface area contributed by atoms with Crippen LogP contribution < -0.4 is 9.80 Å². The Labute approximate surface area is 208 Å². The van der Waals surface area contributed by atoms with Crippen LogP contribution in [-0.2, 0) is 0 Å². The number of hydrogen-bond acceptors (Lipinski definition) is 6.